The molecule has 0 aromatic carbocycles. The molecule has 102 valence electrons. The van der Waals surface area contributed by atoms with Gasteiger partial charge in [-0.25, -0.2) is 4.68 Å². The maximum Gasteiger partial charge on any atom is 0.0724 e. The van der Waals surface area contributed by atoms with Crippen molar-refractivity contribution in [3.8, 4) is 5.69 Å². The Kier molecular flexibility index (Phi) is 3.71. The van der Waals surface area contributed by atoms with Crippen LogP contribution in [-0.4, -0.2) is 20.3 Å². The van der Waals surface area contributed by atoms with E-state index in [0.717, 1.165) is 29.2 Å². The van der Waals surface area contributed by atoms with Gasteiger partial charge in [0, 0.05) is 35.7 Å². The SMILES string of the molecule is Cc1cc(C)n(-c2ccncc2CNC(C)(C)C)n1. The number of aryl methyl sites for hydroxylation is 2. The van der Waals surface area contributed by atoms with E-state index in [9.17, 15) is 0 Å². The van der Waals surface area contributed by atoms with Gasteiger partial charge in [-0.3, -0.25) is 4.98 Å². The summed E-state index contributed by atoms with van der Waals surface area (Å²) < 4.78 is 1.98. The van der Waals surface area contributed by atoms with E-state index in [1.807, 2.05) is 30.1 Å². The Morgan fingerprint density at radius 1 is 1.26 bits per heavy atom. The molecule has 2 aromatic heterocycles. The molecule has 0 aliphatic rings. The first-order valence-corrected chi connectivity index (χ1v) is 6.58. The Morgan fingerprint density at radius 3 is 2.58 bits per heavy atom. The Morgan fingerprint density at radius 2 is 2.00 bits per heavy atom. The van der Waals surface area contributed by atoms with Gasteiger partial charge in [0.2, 0.25) is 0 Å². The van der Waals surface area contributed by atoms with Crippen LogP contribution in [0.4, 0.5) is 0 Å². The minimum atomic E-state index is 0.0855. The molecule has 2 aromatic rings. The minimum Gasteiger partial charge on any atom is -0.308 e. The zero-order valence-corrected chi connectivity index (χ0v) is 12.4. The standard InChI is InChI=1S/C15H22N4/c1-11-8-12(2)19(18-11)14-6-7-16-9-13(14)10-17-15(3,4)5/h6-9,17H,10H2,1-5H3. The van der Waals surface area contributed by atoms with Crippen LogP contribution in [0.3, 0.4) is 0 Å². The van der Waals surface area contributed by atoms with Gasteiger partial charge in [0.15, 0.2) is 0 Å². The molecule has 0 saturated carbocycles. The first-order valence-electron chi connectivity index (χ1n) is 6.58. The molecule has 0 spiro atoms. The van der Waals surface area contributed by atoms with Gasteiger partial charge >= 0.3 is 0 Å². The molecule has 0 bridgehead atoms. The molecule has 0 aliphatic carbocycles. The normalized spacial score (nSPS) is 11.8. The van der Waals surface area contributed by atoms with E-state index in [-0.39, 0.29) is 5.54 Å². The molecule has 4 heteroatoms. The molecule has 19 heavy (non-hydrogen) atoms. The Hall–Kier alpha value is -1.68. The van der Waals surface area contributed by atoms with E-state index in [2.05, 4.69) is 49.2 Å². The predicted molar refractivity (Wildman–Crippen MR) is 77.4 cm³/mol. The highest BCUT2D eigenvalue weighted by atomic mass is 15.3. The highest BCUT2D eigenvalue weighted by Crippen LogP contribution is 2.16. The van der Waals surface area contributed by atoms with Crippen molar-refractivity contribution in [2.45, 2.75) is 46.7 Å². The van der Waals surface area contributed by atoms with Gasteiger partial charge in [0.05, 0.1) is 11.4 Å². The number of rotatable bonds is 3. The third kappa shape index (κ3) is 3.41. The van der Waals surface area contributed by atoms with Crippen LogP contribution in [0.5, 0.6) is 0 Å². The summed E-state index contributed by atoms with van der Waals surface area (Å²) in [6.07, 6.45) is 3.72. The second kappa shape index (κ2) is 5.13. The van der Waals surface area contributed by atoms with Crippen molar-refractivity contribution in [2.24, 2.45) is 0 Å². The molecule has 2 heterocycles. The van der Waals surface area contributed by atoms with Crippen LogP contribution in [0, 0.1) is 13.8 Å². The summed E-state index contributed by atoms with van der Waals surface area (Å²) in [6, 6.07) is 4.10. The third-order valence-corrected chi connectivity index (χ3v) is 2.92. The average Bonchev–Trinajstić information content (AvgIpc) is 2.65. The van der Waals surface area contributed by atoms with Crippen LogP contribution < -0.4 is 5.32 Å². The number of hydrogen-bond donors (Lipinski definition) is 1. The number of nitrogens with zero attached hydrogens (tertiary/aromatic N) is 3. The molecule has 0 fully saturated rings. The highest BCUT2D eigenvalue weighted by molar-refractivity contribution is 5.39. The van der Waals surface area contributed by atoms with Gasteiger partial charge in [-0.05, 0) is 46.8 Å². The molecule has 1 N–H and O–H groups in total. The van der Waals surface area contributed by atoms with Crippen LogP contribution in [0.2, 0.25) is 0 Å². The van der Waals surface area contributed by atoms with Crippen molar-refractivity contribution >= 4 is 0 Å². The van der Waals surface area contributed by atoms with Gasteiger partial charge < -0.3 is 5.32 Å². The van der Waals surface area contributed by atoms with Crippen LogP contribution in [0.25, 0.3) is 5.69 Å². The number of aromatic nitrogens is 3. The maximum absolute atomic E-state index is 4.55. The lowest BCUT2D eigenvalue weighted by atomic mass is 10.1. The van der Waals surface area contributed by atoms with Crippen LogP contribution in [0.1, 0.15) is 37.7 Å². The monoisotopic (exact) mass is 258 g/mol. The summed E-state index contributed by atoms with van der Waals surface area (Å²) in [5.74, 6) is 0. The van der Waals surface area contributed by atoms with E-state index in [4.69, 9.17) is 0 Å². The molecule has 0 radical (unpaired) electrons. The summed E-state index contributed by atoms with van der Waals surface area (Å²) in [7, 11) is 0. The predicted octanol–water partition coefficient (Wildman–Crippen LogP) is 2.77. The van der Waals surface area contributed by atoms with E-state index >= 15 is 0 Å². The van der Waals surface area contributed by atoms with E-state index in [1.165, 1.54) is 0 Å². The molecular weight excluding hydrogens is 236 g/mol. The second-order valence-corrected chi connectivity index (χ2v) is 5.95. The zero-order chi connectivity index (χ0) is 14.0. The fourth-order valence-corrected chi connectivity index (χ4v) is 2.00. The lowest BCUT2D eigenvalue weighted by molar-refractivity contribution is 0.423. The van der Waals surface area contributed by atoms with Gasteiger partial charge in [-0.15, -0.1) is 0 Å². The second-order valence-electron chi connectivity index (χ2n) is 5.95. The fraction of sp³-hybridized carbons (Fsp3) is 0.467. The number of pyridine rings is 1. The summed E-state index contributed by atoms with van der Waals surface area (Å²) in [5.41, 5.74) is 4.51. The van der Waals surface area contributed by atoms with Crippen molar-refractivity contribution < 1.29 is 0 Å². The first kappa shape index (κ1) is 13.7. The summed E-state index contributed by atoms with van der Waals surface area (Å²) in [4.78, 5) is 4.23. The molecule has 0 amide bonds. The number of nitrogens with one attached hydrogen (secondary N) is 1. The lowest BCUT2D eigenvalue weighted by Crippen LogP contribution is -2.35. The van der Waals surface area contributed by atoms with Crippen molar-refractivity contribution in [1.29, 1.82) is 0 Å². The first-order chi connectivity index (χ1) is 8.87. The van der Waals surface area contributed by atoms with Gasteiger partial charge in [-0.1, -0.05) is 0 Å². The number of hydrogen-bond acceptors (Lipinski definition) is 3. The Balaban J connectivity index is 2.34. The van der Waals surface area contributed by atoms with Gasteiger partial charge in [0.25, 0.3) is 0 Å². The lowest BCUT2D eigenvalue weighted by Gasteiger charge is -2.21. The summed E-state index contributed by atoms with van der Waals surface area (Å²) in [5, 5.41) is 8.04. The van der Waals surface area contributed by atoms with Gasteiger partial charge in [0.1, 0.15) is 0 Å². The third-order valence-electron chi connectivity index (χ3n) is 2.92. The molecule has 0 atom stereocenters. The van der Waals surface area contributed by atoms with Crippen LogP contribution in [-0.2, 0) is 6.54 Å². The fourth-order valence-electron chi connectivity index (χ4n) is 2.00. The zero-order valence-electron chi connectivity index (χ0n) is 12.4. The summed E-state index contributed by atoms with van der Waals surface area (Å²) in [6.45, 7) is 11.3. The van der Waals surface area contributed by atoms with Gasteiger partial charge in [-0.2, -0.15) is 5.10 Å². The molecule has 4 nitrogen and oxygen atoms in total. The Bertz CT molecular complexity index is 564. The topological polar surface area (TPSA) is 42.7 Å². The van der Waals surface area contributed by atoms with E-state index in [0.29, 0.717) is 0 Å². The molecule has 0 unspecified atom stereocenters. The quantitative estimate of drug-likeness (QED) is 0.920. The molecule has 0 saturated heterocycles. The molecule has 0 aliphatic heterocycles. The smallest absolute Gasteiger partial charge is 0.0724 e. The molecular formula is C15H22N4. The highest BCUT2D eigenvalue weighted by Gasteiger charge is 2.12. The molecule has 2 rings (SSSR count). The van der Waals surface area contributed by atoms with Crippen LogP contribution >= 0.6 is 0 Å². The largest absolute Gasteiger partial charge is 0.308 e. The average molecular weight is 258 g/mol. The maximum atomic E-state index is 4.55. The van der Waals surface area contributed by atoms with Crippen molar-refractivity contribution in [2.75, 3.05) is 0 Å². The van der Waals surface area contributed by atoms with E-state index < -0.39 is 0 Å². The Labute approximate surface area is 114 Å². The van der Waals surface area contributed by atoms with Crippen molar-refractivity contribution in [1.82, 2.24) is 20.1 Å². The van der Waals surface area contributed by atoms with E-state index in [1.54, 1.807) is 0 Å². The van der Waals surface area contributed by atoms with Crippen molar-refractivity contribution in [3.05, 3.63) is 41.5 Å². The summed E-state index contributed by atoms with van der Waals surface area (Å²) >= 11 is 0. The minimum absolute atomic E-state index is 0.0855. The van der Waals surface area contributed by atoms with Crippen molar-refractivity contribution in [3.63, 3.8) is 0 Å². The van der Waals surface area contributed by atoms with Crippen LogP contribution in [0.15, 0.2) is 24.5 Å².